The van der Waals surface area contributed by atoms with Crippen molar-refractivity contribution >= 4 is 11.3 Å². The Morgan fingerprint density at radius 2 is 1.96 bits per heavy atom. The van der Waals surface area contributed by atoms with E-state index in [-0.39, 0.29) is 31.5 Å². The van der Waals surface area contributed by atoms with E-state index in [1.165, 1.54) is 5.38 Å². The number of morpholine rings is 1. The van der Waals surface area contributed by atoms with Gasteiger partial charge in [-0.2, -0.15) is 13.2 Å². The molecule has 2 N–H and O–H groups in total. The Bertz CT molecular complexity index is 781. The van der Waals surface area contributed by atoms with Crippen LogP contribution in [0.1, 0.15) is 28.8 Å². The summed E-state index contributed by atoms with van der Waals surface area (Å²) in [5, 5.41) is 20.0. The van der Waals surface area contributed by atoms with Crippen molar-refractivity contribution in [1.82, 2.24) is 9.88 Å². The summed E-state index contributed by atoms with van der Waals surface area (Å²) in [5.41, 5.74) is 2.07. The van der Waals surface area contributed by atoms with Gasteiger partial charge in [0, 0.05) is 24.6 Å². The number of ether oxygens (including phenoxy) is 1. The molecule has 5 nitrogen and oxygen atoms in total. The van der Waals surface area contributed by atoms with E-state index in [1.807, 2.05) is 36.1 Å². The van der Waals surface area contributed by atoms with Crippen molar-refractivity contribution in [2.45, 2.75) is 37.8 Å². The lowest BCUT2D eigenvalue weighted by molar-refractivity contribution is -0.254. The number of hydrogen-bond acceptors (Lipinski definition) is 6. The average molecular weight is 416 g/mol. The number of halogens is 3. The first-order chi connectivity index (χ1) is 13.2. The van der Waals surface area contributed by atoms with Crippen LogP contribution in [0, 0.1) is 0 Å². The van der Waals surface area contributed by atoms with Crippen LogP contribution in [0.5, 0.6) is 0 Å². The summed E-state index contributed by atoms with van der Waals surface area (Å²) in [6, 6.07) is 8.01. The first-order valence-electron chi connectivity index (χ1n) is 9.03. The maximum absolute atomic E-state index is 12.8. The summed E-state index contributed by atoms with van der Waals surface area (Å²) < 4.78 is 43.9. The highest BCUT2D eigenvalue weighted by molar-refractivity contribution is 7.09. The first-order valence-corrected chi connectivity index (χ1v) is 9.91. The molecule has 1 aromatic carbocycles. The third-order valence-electron chi connectivity index (χ3n) is 4.86. The zero-order chi connectivity index (χ0) is 20.4. The molecular weight excluding hydrogens is 393 g/mol. The summed E-state index contributed by atoms with van der Waals surface area (Å²) in [6.07, 6.45) is -3.21. The largest absolute Gasteiger partial charge is 0.443 e. The van der Waals surface area contributed by atoms with Gasteiger partial charge in [0.15, 0.2) is 5.01 Å². The molecule has 0 radical (unpaired) electrons. The number of thiazole rings is 1. The fourth-order valence-electron chi connectivity index (χ4n) is 3.29. The number of β-amino-alcohol motifs (C(OH)–C–C–N with tert-alkyl or cyclic N) is 1. The van der Waals surface area contributed by atoms with E-state index in [0.717, 1.165) is 17.5 Å². The van der Waals surface area contributed by atoms with Crippen molar-refractivity contribution in [2.75, 3.05) is 26.3 Å². The van der Waals surface area contributed by atoms with Gasteiger partial charge >= 0.3 is 6.18 Å². The molecule has 0 amide bonds. The highest BCUT2D eigenvalue weighted by atomic mass is 32.1. The Kier molecular flexibility index (Phi) is 6.41. The Hall–Kier alpha value is -1.52. The normalized spacial score (nSPS) is 22.4. The number of alkyl halides is 3. The second kappa shape index (κ2) is 8.46. The molecular formula is C19H23F3N2O3S. The van der Waals surface area contributed by atoms with Crippen molar-refractivity contribution in [3.63, 3.8) is 0 Å². The molecule has 0 aliphatic carbocycles. The second-order valence-corrected chi connectivity index (χ2v) is 7.84. The van der Waals surface area contributed by atoms with Crippen LogP contribution in [0.2, 0.25) is 0 Å². The number of aromatic nitrogens is 1. The number of aliphatic hydroxyl groups is 2. The number of nitrogens with zero attached hydrogens (tertiary/aromatic N) is 2. The summed E-state index contributed by atoms with van der Waals surface area (Å²) in [7, 11) is 0. The van der Waals surface area contributed by atoms with E-state index in [4.69, 9.17) is 9.84 Å². The molecule has 3 rings (SSSR count). The van der Waals surface area contributed by atoms with Gasteiger partial charge < -0.3 is 14.9 Å². The van der Waals surface area contributed by atoms with Gasteiger partial charge in [-0.15, -0.1) is 11.3 Å². The fraction of sp³-hybridized carbons (Fsp3) is 0.526. The molecule has 2 unspecified atom stereocenters. The second-order valence-electron chi connectivity index (χ2n) is 6.98. The van der Waals surface area contributed by atoms with Crippen LogP contribution in [0.3, 0.4) is 0 Å². The number of benzene rings is 1. The smallest absolute Gasteiger partial charge is 0.396 e. The van der Waals surface area contributed by atoms with E-state index in [2.05, 4.69) is 4.98 Å². The Balaban J connectivity index is 1.67. The SMILES string of the molecule is CC(Cc1ccc(CCO)cc1)N1CCOC(O)(c2csc(C(F)(F)F)n2)C1. The average Bonchev–Trinajstić information content (AvgIpc) is 3.15. The van der Waals surface area contributed by atoms with Crippen molar-refractivity contribution in [1.29, 1.82) is 0 Å². The maximum Gasteiger partial charge on any atom is 0.443 e. The van der Waals surface area contributed by atoms with Crippen LogP contribution in [0.4, 0.5) is 13.2 Å². The van der Waals surface area contributed by atoms with Crippen molar-refractivity contribution in [2.24, 2.45) is 0 Å². The minimum Gasteiger partial charge on any atom is -0.396 e. The molecule has 0 bridgehead atoms. The summed E-state index contributed by atoms with van der Waals surface area (Å²) in [5.74, 6) is -1.85. The maximum atomic E-state index is 12.8. The van der Waals surface area contributed by atoms with Crippen molar-refractivity contribution in [3.8, 4) is 0 Å². The number of aliphatic hydroxyl groups excluding tert-OH is 1. The highest BCUT2D eigenvalue weighted by Gasteiger charge is 2.42. The molecule has 1 saturated heterocycles. The minimum absolute atomic E-state index is 0.0534. The van der Waals surface area contributed by atoms with Gasteiger partial charge in [0.05, 0.1) is 13.2 Å². The van der Waals surface area contributed by atoms with Gasteiger partial charge in [0.1, 0.15) is 5.69 Å². The summed E-state index contributed by atoms with van der Waals surface area (Å²) in [4.78, 5) is 5.55. The zero-order valence-corrected chi connectivity index (χ0v) is 16.3. The molecule has 1 aliphatic rings. The zero-order valence-electron chi connectivity index (χ0n) is 15.4. The molecule has 0 saturated carbocycles. The van der Waals surface area contributed by atoms with Crippen LogP contribution < -0.4 is 0 Å². The monoisotopic (exact) mass is 416 g/mol. The lowest BCUT2D eigenvalue weighted by atomic mass is 10.0. The van der Waals surface area contributed by atoms with Crippen LogP contribution >= 0.6 is 11.3 Å². The predicted octanol–water partition coefficient (Wildman–Crippen LogP) is 2.81. The van der Waals surface area contributed by atoms with Crippen molar-refractivity contribution < 1.29 is 28.1 Å². The van der Waals surface area contributed by atoms with Crippen LogP contribution in [0.25, 0.3) is 0 Å². The topological polar surface area (TPSA) is 65.8 Å². The van der Waals surface area contributed by atoms with Gasteiger partial charge in [-0.05, 0) is 30.9 Å². The lowest BCUT2D eigenvalue weighted by Gasteiger charge is -2.41. The van der Waals surface area contributed by atoms with E-state index >= 15 is 0 Å². The molecule has 154 valence electrons. The molecule has 28 heavy (non-hydrogen) atoms. The molecule has 1 aromatic heterocycles. The Morgan fingerprint density at radius 3 is 2.57 bits per heavy atom. The van der Waals surface area contributed by atoms with Gasteiger partial charge in [-0.3, -0.25) is 4.90 Å². The molecule has 0 spiro atoms. The Morgan fingerprint density at radius 1 is 1.29 bits per heavy atom. The van der Waals surface area contributed by atoms with E-state index in [1.54, 1.807) is 0 Å². The third-order valence-corrected chi connectivity index (χ3v) is 5.75. The third kappa shape index (κ3) is 4.90. The number of rotatable bonds is 6. The lowest BCUT2D eigenvalue weighted by Crippen LogP contribution is -2.53. The first kappa shape index (κ1) is 21.2. The van der Waals surface area contributed by atoms with E-state index in [9.17, 15) is 18.3 Å². The number of hydrogen-bond donors (Lipinski definition) is 2. The van der Waals surface area contributed by atoms with Gasteiger partial charge in [-0.25, -0.2) is 4.98 Å². The summed E-state index contributed by atoms with van der Waals surface area (Å²) >= 11 is 0.454. The minimum atomic E-state index is -4.54. The molecule has 2 atom stereocenters. The fourth-order valence-corrected chi connectivity index (χ4v) is 4.03. The van der Waals surface area contributed by atoms with Crippen LogP contribution in [0.15, 0.2) is 29.6 Å². The molecule has 2 heterocycles. The predicted molar refractivity (Wildman–Crippen MR) is 98.9 cm³/mol. The standard InChI is InChI=1S/C19H23F3N2O3S/c1-13(10-15-4-2-14(3-5-15)6-8-25)24-7-9-27-18(26,12-24)16-11-28-17(23-16)19(20,21)22/h2-5,11,13,25-26H,6-10,12H2,1H3. The van der Waals surface area contributed by atoms with Crippen LogP contribution in [-0.4, -0.2) is 52.4 Å². The molecule has 9 heteroatoms. The van der Waals surface area contributed by atoms with E-state index in [0.29, 0.717) is 24.3 Å². The van der Waals surface area contributed by atoms with E-state index < -0.39 is 17.0 Å². The van der Waals surface area contributed by atoms with Crippen LogP contribution in [-0.2, 0) is 29.5 Å². The quantitative estimate of drug-likeness (QED) is 0.758. The molecule has 1 aliphatic heterocycles. The molecule has 2 aromatic rings. The van der Waals surface area contributed by atoms with Gasteiger partial charge in [0.2, 0.25) is 5.79 Å². The highest BCUT2D eigenvalue weighted by Crippen LogP contribution is 2.36. The van der Waals surface area contributed by atoms with Gasteiger partial charge in [0.25, 0.3) is 0 Å². The summed E-state index contributed by atoms with van der Waals surface area (Å²) in [6.45, 7) is 2.94. The Labute approximate surface area is 165 Å². The van der Waals surface area contributed by atoms with Crippen molar-refractivity contribution in [3.05, 3.63) is 51.5 Å². The van der Waals surface area contributed by atoms with Gasteiger partial charge in [-0.1, -0.05) is 24.3 Å². The molecule has 1 fully saturated rings.